The molecule has 1 atom stereocenters. The molecule has 0 aromatic heterocycles. The van der Waals surface area contributed by atoms with Crippen molar-refractivity contribution in [3.05, 3.63) is 34.9 Å². The van der Waals surface area contributed by atoms with Crippen LogP contribution in [0.4, 0.5) is 22.0 Å². The molecule has 132 valence electrons. The Labute approximate surface area is 137 Å². The van der Waals surface area contributed by atoms with Crippen LogP contribution in [0.5, 0.6) is 0 Å². The molecule has 0 saturated carbocycles. The van der Waals surface area contributed by atoms with Crippen molar-refractivity contribution in [1.82, 2.24) is 5.01 Å². The number of hydrazone groups is 1. The van der Waals surface area contributed by atoms with Crippen LogP contribution < -0.4 is 0 Å². The average molecular weight is 373 g/mol. The van der Waals surface area contributed by atoms with Gasteiger partial charge in [-0.1, -0.05) is 11.6 Å². The average Bonchev–Trinajstić information content (AvgIpc) is 2.73. The highest BCUT2D eigenvalue weighted by atomic mass is 35.5. The molecule has 0 aliphatic carbocycles. The van der Waals surface area contributed by atoms with Gasteiger partial charge >= 0.3 is 12.5 Å². The lowest BCUT2D eigenvalue weighted by molar-refractivity contribution is -0.468. The molecule has 11 heteroatoms. The van der Waals surface area contributed by atoms with Gasteiger partial charge in [0.1, 0.15) is 0 Å². The summed E-state index contributed by atoms with van der Waals surface area (Å²) in [6, 6.07) is 4.84. The van der Waals surface area contributed by atoms with Crippen molar-refractivity contribution in [2.24, 2.45) is 5.10 Å². The van der Waals surface area contributed by atoms with Crippen molar-refractivity contribution in [3.63, 3.8) is 0 Å². The summed E-state index contributed by atoms with van der Waals surface area (Å²) in [5.41, 5.74) is -4.01. The van der Waals surface area contributed by atoms with E-state index in [2.05, 4.69) is 9.84 Å². The molecule has 1 aromatic carbocycles. The summed E-state index contributed by atoms with van der Waals surface area (Å²) in [6.07, 6.45) is -11.9. The Balaban J connectivity index is 2.39. The van der Waals surface area contributed by atoms with Crippen LogP contribution in [-0.4, -0.2) is 39.9 Å². The topological polar surface area (TPSA) is 62.1 Å². The number of aliphatic hydroxyl groups is 1. The first-order valence-corrected chi connectivity index (χ1v) is 6.75. The Hall–Kier alpha value is -1.78. The molecule has 0 fully saturated rings. The molecule has 0 unspecified atom stereocenters. The highest BCUT2D eigenvalue weighted by molar-refractivity contribution is 6.30. The molecule has 2 rings (SSSR count). The molecule has 0 radical (unpaired) electrons. The lowest BCUT2D eigenvalue weighted by Crippen LogP contribution is -2.61. The molecule has 1 aromatic rings. The number of alkyl halides is 5. The quantitative estimate of drug-likeness (QED) is 0.827. The Bertz CT molecular complexity index is 677. The predicted octanol–water partition coefficient (Wildman–Crippen LogP) is 3.38. The molecule has 24 heavy (non-hydrogen) atoms. The number of carbonyl (C=O) groups excluding carboxylic acids is 1. The summed E-state index contributed by atoms with van der Waals surface area (Å²) in [4.78, 5) is 12.3. The smallest absolute Gasteiger partial charge is 0.362 e. The van der Waals surface area contributed by atoms with Gasteiger partial charge in [0.2, 0.25) is 0 Å². The van der Waals surface area contributed by atoms with Crippen LogP contribution in [0.2, 0.25) is 5.02 Å². The van der Waals surface area contributed by atoms with Crippen molar-refractivity contribution in [2.45, 2.75) is 31.5 Å². The maximum Gasteiger partial charge on any atom is 0.527 e. The summed E-state index contributed by atoms with van der Waals surface area (Å²) in [6.45, 7) is 1.17. The van der Waals surface area contributed by atoms with Crippen LogP contribution in [0.1, 0.15) is 23.7 Å². The zero-order valence-electron chi connectivity index (χ0n) is 11.9. The minimum atomic E-state index is -5.73. The van der Waals surface area contributed by atoms with Gasteiger partial charge in [-0.2, -0.15) is 18.9 Å². The monoisotopic (exact) mass is 372 g/mol. The highest BCUT2D eigenvalue weighted by Crippen LogP contribution is 2.43. The molecule has 0 bridgehead atoms. The van der Waals surface area contributed by atoms with Crippen molar-refractivity contribution in [3.8, 4) is 0 Å². The predicted molar refractivity (Wildman–Crippen MR) is 72.4 cm³/mol. The van der Waals surface area contributed by atoms with E-state index in [1.807, 2.05) is 0 Å². The number of hydrogen-bond acceptors (Lipinski definition) is 4. The fraction of sp³-hybridized carbons (Fsp3) is 0.385. The Kier molecular flexibility index (Phi) is 4.59. The lowest BCUT2D eigenvalue weighted by atomic mass is 10.1. The van der Waals surface area contributed by atoms with Crippen LogP contribution in [0, 0.1) is 0 Å². The van der Waals surface area contributed by atoms with Crippen molar-refractivity contribution in [2.75, 3.05) is 0 Å². The molecule has 0 spiro atoms. The SMILES string of the molecule is CC1=NN(C(=O)c2ccc(Cl)cc2)[C@](O)(C(F)(F)OC(F)(F)F)C1. The third-order valence-corrected chi connectivity index (χ3v) is 3.37. The molecule has 1 aliphatic heterocycles. The number of nitrogens with zero attached hydrogens (tertiary/aromatic N) is 2. The van der Waals surface area contributed by atoms with Gasteiger partial charge in [0, 0.05) is 22.7 Å². The molecular weight excluding hydrogens is 363 g/mol. The molecule has 5 nitrogen and oxygen atoms in total. The minimum Gasteiger partial charge on any atom is -0.362 e. The van der Waals surface area contributed by atoms with E-state index < -0.39 is 30.5 Å². The minimum absolute atomic E-state index is 0.114. The van der Waals surface area contributed by atoms with E-state index in [4.69, 9.17) is 11.6 Å². The molecular formula is C13H10ClF5N2O3. The first kappa shape index (κ1) is 18.6. The second-order valence-corrected chi connectivity index (χ2v) is 5.45. The summed E-state index contributed by atoms with van der Waals surface area (Å²) in [5, 5.41) is 13.6. The third-order valence-electron chi connectivity index (χ3n) is 3.12. The zero-order valence-corrected chi connectivity index (χ0v) is 12.7. The van der Waals surface area contributed by atoms with Gasteiger partial charge in [0.15, 0.2) is 0 Å². The number of carbonyl (C=O) groups is 1. The first-order chi connectivity index (χ1) is 10.9. The van der Waals surface area contributed by atoms with Crippen molar-refractivity contribution < 1.29 is 36.6 Å². The Morgan fingerprint density at radius 1 is 1.29 bits per heavy atom. The van der Waals surface area contributed by atoms with E-state index in [0.29, 0.717) is 0 Å². The van der Waals surface area contributed by atoms with Crippen LogP contribution in [0.25, 0.3) is 0 Å². The molecule has 1 aliphatic rings. The largest absolute Gasteiger partial charge is 0.527 e. The zero-order chi connectivity index (χ0) is 18.3. The number of hydrogen-bond donors (Lipinski definition) is 1. The van der Waals surface area contributed by atoms with E-state index in [1.54, 1.807) is 0 Å². The molecule has 1 N–H and O–H groups in total. The summed E-state index contributed by atoms with van der Waals surface area (Å²) in [7, 11) is 0. The normalized spacial score (nSPS) is 21.8. The molecule has 1 amide bonds. The number of amides is 1. The van der Waals surface area contributed by atoms with Crippen molar-refractivity contribution in [1.29, 1.82) is 0 Å². The maximum absolute atomic E-state index is 13.9. The van der Waals surface area contributed by atoms with E-state index in [9.17, 15) is 31.9 Å². The number of ether oxygens (including phenoxy) is 1. The third kappa shape index (κ3) is 3.50. The van der Waals surface area contributed by atoms with Gasteiger partial charge in [-0.3, -0.25) is 4.79 Å². The van der Waals surface area contributed by atoms with Crippen LogP contribution >= 0.6 is 11.6 Å². The molecule has 1 heterocycles. The van der Waals surface area contributed by atoms with Gasteiger partial charge in [0.25, 0.3) is 11.6 Å². The van der Waals surface area contributed by atoms with Crippen LogP contribution in [-0.2, 0) is 4.74 Å². The Morgan fingerprint density at radius 2 is 1.83 bits per heavy atom. The fourth-order valence-corrected chi connectivity index (χ4v) is 2.23. The number of halogens is 6. The van der Waals surface area contributed by atoms with E-state index in [0.717, 1.165) is 12.1 Å². The van der Waals surface area contributed by atoms with Crippen molar-refractivity contribution >= 4 is 23.2 Å². The van der Waals surface area contributed by atoms with Gasteiger partial charge in [-0.05, 0) is 31.2 Å². The second kappa shape index (κ2) is 5.94. The number of benzene rings is 1. The van der Waals surface area contributed by atoms with Gasteiger partial charge < -0.3 is 5.11 Å². The van der Waals surface area contributed by atoms with E-state index in [-0.39, 0.29) is 21.3 Å². The van der Waals surface area contributed by atoms with Crippen LogP contribution in [0.3, 0.4) is 0 Å². The fourth-order valence-electron chi connectivity index (χ4n) is 2.10. The van der Waals surface area contributed by atoms with Gasteiger partial charge in [-0.15, -0.1) is 13.2 Å². The van der Waals surface area contributed by atoms with Crippen LogP contribution in [0.15, 0.2) is 29.4 Å². The molecule has 0 saturated heterocycles. The lowest BCUT2D eigenvalue weighted by Gasteiger charge is -2.36. The second-order valence-electron chi connectivity index (χ2n) is 5.02. The standard InChI is InChI=1S/C13H10ClF5N2O3/c1-7-6-11(23,12(15,16)24-13(17,18)19)21(20-7)10(22)8-2-4-9(14)5-3-8/h2-5,23H,6H2,1H3/t11-/m1/s1. The summed E-state index contributed by atoms with van der Waals surface area (Å²) >= 11 is 5.63. The summed E-state index contributed by atoms with van der Waals surface area (Å²) in [5.74, 6) is -1.24. The summed E-state index contributed by atoms with van der Waals surface area (Å²) < 4.78 is 67.1. The van der Waals surface area contributed by atoms with Gasteiger partial charge in [0.05, 0.1) is 0 Å². The highest BCUT2D eigenvalue weighted by Gasteiger charge is 2.66. The first-order valence-electron chi connectivity index (χ1n) is 6.37. The maximum atomic E-state index is 13.9. The van der Waals surface area contributed by atoms with E-state index >= 15 is 0 Å². The van der Waals surface area contributed by atoms with Gasteiger partial charge in [-0.25, -0.2) is 4.74 Å². The Morgan fingerprint density at radius 3 is 2.33 bits per heavy atom. The number of rotatable bonds is 3. The van der Waals surface area contributed by atoms with E-state index in [1.165, 1.54) is 19.1 Å².